The average molecular weight is 342 g/mol. The van der Waals surface area contributed by atoms with Crippen molar-refractivity contribution in [3.63, 3.8) is 0 Å². The first-order chi connectivity index (χ1) is 12.1. The van der Waals surface area contributed by atoms with Crippen LogP contribution in [0, 0.1) is 0 Å². The van der Waals surface area contributed by atoms with E-state index in [-0.39, 0.29) is 12.5 Å². The SMILES string of the molecule is O=C(Cn1c(=O)[nH]c2ccccc2c1=O)N1CCC(N2CCCC2)C1. The van der Waals surface area contributed by atoms with Crippen LogP contribution in [-0.4, -0.2) is 57.5 Å². The third kappa shape index (κ3) is 3.00. The molecule has 1 N–H and O–H groups in total. The van der Waals surface area contributed by atoms with E-state index >= 15 is 0 Å². The summed E-state index contributed by atoms with van der Waals surface area (Å²) < 4.78 is 1.01. The lowest BCUT2D eigenvalue weighted by atomic mass is 10.2. The summed E-state index contributed by atoms with van der Waals surface area (Å²) in [5, 5.41) is 0.422. The molecule has 2 fully saturated rings. The van der Waals surface area contributed by atoms with Crippen molar-refractivity contribution in [2.75, 3.05) is 26.2 Å². The molecule has 2 aliphatic heterocycles. The Kier molecular flexibility index (Phi) is 4.17. The Bertz CT molecular complexity index is 910. The first-order valence-electron chi connectivity index (χ1n) is 8.87. The number of carbonyl (C=O) groups excluding carboxylic acids is 1. The highest BCUT2D eigenvalue weighted by Crippen LogP contribution is 2.20. The number of aromatic nitrogens is 2. The molecule has 1 atom stereocenters. The van der Waals surface area contributed by atoms with Crippen LogP contribution in [-0.2, 0) is 11.3 Å². The van der Waals surface area contributed by atoms with Crippen molar-refractivity contribution in [3.8, 4) is 0 Å². The van der Waals surface area contributed by atoms with E-state index in [0.717, 1.165) is 24.1 Å². The number of hydrogen-bond acceptors (Lipinski definition) is 4. The standard InChI is InChI=1S/C18H22N4O3/c23-16(21-10-7-13(11-21)20-8-3-4-9-20)12-22-17(24)14-5-1-2-6-15(14)19-18(22)25/h1-2,5-6,13H,3-4,7-12H2,(H,19,25). The first kappa shape index (κ1) is 16.1. The minimum Gasteiger partial charge on any atom is -0.340 e. The lowest BCUT2D eigenvalue weighted by Crippen LogP contribution is -2.43. The van der Waals surface area contributed by atoms with Gasteiger partial charge in [-0.25, -0.2) is 4.79 Å². The summed E-state index contributed by atoms with van der Waals surface area (Å²) in [4.78, 5) is 44.3. The molecule has 0 spiro atoms. The van der Waals surface area contributed by atoms with E-state index in [1.165, 1.54) is 12.8 Å². The van der Waals surface area contributed by atoms with Gasteiger partial charge < -0.3 is 9.88 Å². The molecule has 2 saturated heterocycles. The number of H-pyrrole nitrogens is 1. The monoisotopic (exact) mass is 342 g/mol. The summed E-state index contributed by atoms with van der Waals surface area (Å²) in [5.41, 5.74) is -0.452. The maximum Gasteiger partial charge on any atom is 0.329 e. The molecule has 132 valence electrons. The van der Waals surface area contributed by atoms with Crippen molar-refractivity contribution < 1.29 is 4.79 Å². The second kappa shape index (κ2) is 6.48. The van der Waals surface area contributed by atoms with Crippen molar-refractivity contribution in [2.24, 2.45) is 0 Å². The van der Waals surface area contributed by atoms with Gasteiger partial charge in [0.1, 0.15) is 6.54 Å². The van der Waals surface area contributed by atoms with Gasteiger partial charge in [-0.1, -0.05) is 12.1 Å². The van der Waals surface area contributed by atoms with E-state index in [2.05, 4.69) is 9.88 Å². The lowest BCUT2D eigenvalue weighted by Gasteiger charge is -2.23. The average Bonchev–Trinajstić information content (AvgIpc) is 3.29. The molecule has 7 nitrogen and oxygen atoms in total. The molecular weight excluding hydrogens is 320 g/mol. The van der Waals surface area contributed by atoms with Gasteiger partial charge in [0.2, 0.25) is 5.91 Å². The van der Waals surface area contributed by atoms with E-state index in [1.54, 1.807) is 29.2 Å². The van der Waals surface area contributed by atoms with Gasteiger partial charge in [-0.15, -0.1) is 0 Å². The zero-order chi connectivity index (χ0) is 17.4. The number of fused-ring (bicyclic) bond motifs is 1. The van der Waals surface area contributed by atoms with E-state index in [9.17, 15) is 14.4 Å². The highest BCUT2D eigenvalue weighted by Gasteiger charge is 2.31. The molecule has 1 amide bonds. The number of hydrogen-bond donors (Lipinski definition) is 1. The lowest BCUT2D eigenvalue weighted by molar-refractivity contribution is -0.131. The number of carbonyl (C=O) groups is 1. The molecule has 3 heterocycles. The van der Waals surface area contributed by atoms with Crippen LogP contribution in [0.2, 0.25) is 0 Å². The van der Waals surface area contributed by atoms with Gasteiger partial charge in [-0.3, -0.25) is 19.1 Å². The molecule has 2 aromatic rings. The van der Waals surface area contributed by atoms with Crippen LogP contribution in [0.5, 0.6) is 0 Å². The predicted molar refractivity (Wildman–Crippen MR) is 94.6 cm³/mol. The number of benzene rings is 1. The fraction of sp³-hybridized carbons (Fsp3) is 0.500. The molecule has 0 radical (unpaired) electrons. The zero-order valence-corrected chi connectivity index (χ0v) is 14.1. The minimum atomic E-state index is -0.535. The zero-order valence-electron chi connectivity index (χ0n) is 14.1. The van der Waals surface area contributed by atoms with Gasteiger partial charge >= 0.3 is 5.69 Å². The van der Waals surface area contributed by atoms with Crippen molar-refractivity contribution in [1.82, 2.24) is 19.4 Å². The molecule has 1 aromatic carbocycles. The highest BCUT2D eigenvalue weighted by molar-refractivity contribution is 5.79. The quantitative estimate of drug-likeness (QED) is 0.875. The second-order valence-electron chi connectivity index (χ2n) is 6.89. The number of nitrogens with zero attached hydrogens (tertiary/aromatic N) is 3. The first-order valence-corrected chi connectivity index (χ1v) is 8.87. The Morgan fingerprint density at radius 1 is 1.12 bits per heavy atom. The molecule has 7 heteroatoms. The third-order valence-electron chi connectivity index (χ3n) is 5.36. The van der Waals surface area contributed by atoms with Crippen molar-refractivity contribution >= 4 is 16.8 Å². The van der Waals surface area contributed by atoms with Crippen molar-refractivity contribution in [2.45, 2.75) is 31.8 Å². The van der Waals surface area contributed by atoms with Crippen LogP contribution in [0.25, 0.3) is 10.9 Å². The third-order valence-corrected chi connectivity index (χ3v) is 5.36. The molecule has 2 aliphatic rings. The normalized spacial score (nSPS) is 21.3. The van der Waals surface area contributed by atoms with Crippen LogP contribution >= 0.6 is 0 Å². The van der Waals surface area contributed by atoms with Crippen LogP contribution in [0.1, 0.15) is 19.3 Å². The summed E-state index contributed by atoms with van der Waals surface area (Å²) in [7, 11) is 0. The second-order valence-corrected chi connectivity index (χ2v) is 6.89. The van der Waals surface area contributed by atoms with Gasteiger partial charge in [0, 0.05) is 19.1 Å². The van der Waals surface area contributed by atoms with Crippen LogP contribution in [0.3, 0.4) is 0 Å². The minimum absolute atomic E-state index is 0.162. The topological polar surface area (TPSA) is 78.4 Å². The Morgan fingerprint density at radius 3 is 2.68 bits per heavy atom. The van der Waals surface area contributed by atoms with Gasteiger partial charge in [0.25, 0.3) is 5.56 Å². The number of amides is 1. The number of para-hydroxylation sites is 1. The van der Waals surface area contributed by atoms with Crippen LogP contribution in [0.15, 0.2) is 33.9 Å². The van der Waals surface area contributed by atoms with Crippen molar-refractivity contribution in [3.05, 3.63) is 45.1 Å². The Labute approximate surface area is 144 Å². The maximum absolute atomic E-state index is 12.6. The van der Waals surface area contributed by atoms with E-state index in [0.29, 0.717) is 30.0 Å². The van der Waals surface area contributed by atoms with Crippen molar-refractivity contribution in [1.29, 1.82) is 0 Å². The number of likely N-dealkylation sites (tertiary alicyclic amines) is 2. The van der Waals surface area contributed by atoms with E-state index in [4.69, 9.17) is 0 Å². The summed E-state index contributed by atoms with van der Waals surface area (Å²) >= 11 is 0. The Morgan fingerprint density at radius 2 is 1.88 bits per heavy atom. The van der Waals surface area contributed by atoms with E-state index in [1.807, 2.05) is 0 Å². The summed E-state index contributed by atoms with van der Waals surface area (Å²) in [6.45, 7) is 3.40. The molecule has 1 unspecified atom stereocenters. The van der Waals surface area contributed by atoms with Crippen LogP contribution in [0.4, 0.5) is 0 Å². The van der Waals surface area contributed by atoms with E-state index < -0.39 is 11.2 Å². The Balaban J connectivity index is 1.52. The maximum atomic E-state index is 12.6. The Hall–Kier alpha value is -2.41. The van der Waals surface area contributed by atoms with Crippen LogP contribution < -0.4 is 11.2 Å². The predicted octanol–water partition coefficient (Wildman–Crippen LogP) is 0.386. The molecule has 1 aromatic heterocycles. The number of aromatic amines is 1. The largest absolute Gasteiger partial charge is 0.340 e. The molecule has 0 aliphatic carbocycles. The molecule has 4 rings (SSSR count). The molecule has 25 heavy (non-hydrogen) atoms. The van der Waals surface area contributed by atoms with Gasteiger partial charge in [-0.05, 0) is 44.5 Å². The summed E-state index contributed by atoms with van der Waals surface area (Å²) in [5.74, 6) is -0.162. The smallest absolute Gasteiger partial charge is 0.329 e. The fourth-order valence-electron chi connectivity index (χ4n) is 3.95. The van der Waals surface area contributed by atoms with Gasteiger partial charge in [0.05, 0.1) is 10.9 Å². The molecule has 0 bridgehead atoms. The van der Waals surface area contributed by atoms with Gasteiger partial charge in [-0.2, -0.15) is 0 Å². The van der Waals surface area contributed by atoms with Gasteiger partial charge in [0.15, 0.2) is 0 Å². The molecular formula is C18H22N4O3. The number of rotatable bonds is 3. The highest BCUT2D eigenvalue weighted by atomic mass is 16.2. The summed E-state index contributed by atoms with van der Waals surface area (Å²) in [6, 6.07) is 7.27. The molecule has 0 saturated carbocycles. The summed E-state index contributed by atoms with van der Waals surface area (Å²) in [6.07, 6.45) is 3.42. The number of nitrogens with one attached hydrogen (secondary N) is 1. The fourth-order valence-corrected chi connectivity index (χ4v) is 3.95.